The normalized spacial score (nSPS) is 15.0. The number of nitrogens with zero attached hydrogens (tertiary/aromatic N) is 3. The molecule has 0 atom stereocenters. The van der Waals surface area contributed by atoms with E-state index >= 15 is 0 Å². The van der Waals surface area contributed by atoms with E-state index in [4.69, 9.17) is 0 Å². The van der Waals surface area contributed by atoms with Gasteiger partial charge in [0.05, 0.1) is 15.9 Å². The fourth-order valence-corrected chi connectivity index (χ4v) is 6.02. The second-order valence-electron chi connectivity index (χ2n) is 6.86. The molecule has 2 heterocycles. The number of sulfonamides is 1. The summed E-state index contributed by atoms with van der Waals surface area (Å²) < 4.78 is 30.9. The van der Waals surface area contributed by atoms with Crippen LogP contribution in [-0.4, -0.2) is 28.4 Å². The average molecular weight is 464 g/mol. The van der Waals surface area contributed by atoms with Gasteiger partial charge in [-0.15, -0.1) is 0 Å². The minimum absolute atomic E-state index is 0.0769. The first kappa shape index (κ1) is 19.1. The molecule has 2 aromatic carbocycles. The molecule has 3 aromatic rings. The van der Waals surface area contributed by atoms with Gasteiger partial charge >= 0.3 is 11.1 Å². The predicted octanol–water partition coefficient (Wildman–Crippen LogP) is 1.75. The Balaban J connectivity index is 1.88. The van der Waals surface area contributed by atoms with Gasteiger partial charge in [-0.25, -0.2) is 8.42 Å². The fourth-order valence-electron chi connectivity index (χ4n) is 3.59. The second-order valence-corrected chi connectivity index (χ2v) is 9.62. The summed E-state index contributed by atoms with van der Waals surface area (Å²) in [5.74, 6) is 0. The van der Waals surface area contributed by atoms with Crippen LogP contribution in [0.25, 0.3) is 11.0 Å². The third-order valence-electron chi connectivity index (χ3n) is 5.26. The Kier molecular flexibility index (Phi) is 4.56. The van der Waals surface area contributed by atoms with Crippen LogP contribution in [0.4, 0.5) is 0 Å². The van der Waals surface area contributed by atoms with Gasteiger partial charge in [0.2, 0.25) is 10.0 Å². The summed E-state index contributed by atoms with van der Waals surface area (Å²) in [6.07, 6.45) is 0.646. The molecular weight excluding hydrogens is 446 g/mol. The van der Waals surface area contributed by atoms with Crippen molar-refractivity contribution in [2.75, 3.05) is 6.54 Å². The van der Waals surface area contributed by atoms with E-state index in [1.165, 1.54) is 33.6 Å². The largest absolute Gasteiger partial charge is 0.316 e. The highest BCUT2D eigenvalue weighted by molar-refractivity contribution is 9.10. The lowest BCUT2D eigenvalue weighted by Gasteiger charge is -2.28. The van der Waals surface area contributed by atoms with Crippen molar-refractivity contribution >= 4 is 37.0 Å². The molecule has 9 heteroatoms. The van der Waals surface area contributed by atoms with Crippen molar-refractivity contribution in [1.82, 2.24) is 13.4 Å². The van der Waals surface area contributed by atoms with E-state index < -0.39 is 21.1 Å². The molecule has 1 aliphatic rings. The number of benzene rings is 2. The molecule has 0 saturated carbocycles. The maximum atomic E-state index is 13.3. The van der Waals surface area contributed by atoms with Crippen LogP contribution in [0.1, 0.15) is 11.1 Å². The Morgan fingerprint density at radius 1 is 0.929 bits per heavy atom. The Labute approximate surface area is 170 Å². The first-order chi connectivity index (χ1) is 13.2. The molecule has 0 N–H and O–H groups in total. The number of hydrogen-bond acceptors (Lipinski definition) is 4. The quantitative estimate of drug-likeness (QED) is 0.542. The van der Waals surface area contributed by atoms with E-state index in [-0.39, 0.29) is 4.90 Å². The summed E-state index contributed by atoms with van der Waals surface area (Å²) in [6.45, 7) is 0.686. The van der Waals surface area contributed by atoms with Gasteiger partial charge in [0.1, 0.15) is 0 Å². The maximum absolute atomic E-state index is 13.3. The van der Waals surface area contributed by atoms with Crippen LogP contribution < -0.4 is 11.1 Å². The Bertz CT molecular complexity index is 1340. The highest BCUT2D eigenvalue weighted by atomic mass is 79.9. The molecule has 146 valence electrons. The Morgan fingerprint density at radius 3 is 2.14 bits per heavy atom. The molecule has 0 unspecified atom stereocenters. The molecule has 0 aliphatic carbocycles. The lowest BCUT2D eigenvalue weighted by molar-refractivity contribution is 0.391. The first-order valence-electron chi connectivity index (χ1n) is 8.68. The third-order valence-corrected chi connectivity index (χ3v) is 8.06. The van der Waals surface area contributed by atoms with E-state index in [2.05, 4.69) is 15.9 Å². The van der Waals surface area contributed by atoms with Crippen LogP contribution >= 0.6 is 15.9 Å². The number of halogens is 1. The van der Waals surface area contributed by atoms with E-state index in [1.54, 1.807) is 6.07 Å². The van der Waals surface area contributed by atoms with Gasteiger partial charge in [0.15, 0.2) is 0 Å². The third kappa shape index (κ3) is 2.85. The molecule has 0 bridgehead atoms. The average Bonchev–Trinajstić information content (AvgIpc) is 2.69. The summed E-state index contributed by atoms with van der Waals surface area (Å²) in [4.78, 5) is 24.3. The highest BCUT2D eigenvalue weighted by Crippen LogP contribution is 2.31. The van der Waals surface area contributed by atoms with Gasteiger partial charge < -0.3 is 9.13 Å². The number of hydrogen-bond donors (Lipinski definition) is 0. The van der Waals surface area contributed by atoms with E-state index in [9.17, 15) is 18.0 Å². The van der Waals surface area contributed by atoms with Gasteiger partial charge in [-0.3, -0.25) is 9.59 Å². The highest BCUT2D eigenvalue weighted by Gasteiger charge is 2.30. The molecular formula is C19H18BrN3O4S. The van der Waals surface area contributed by atoms with Crippen molar-refractivity contribution < 1.29 is 8.42 Å². The molecule has 7 nitrogen and oxygen atoms in total. The van der Waals surface area contributed by atoms with E-state index in [1.807, 2.05) is 24.3 Å². The van der Waals surface area contributed by atoms with Crippen LogP contribution in [0.2, 0.25) is 0 Å². The van der Waals surface area contributed by atoms with Crippen molar-refractivity contribution in [2.45, 2.75) is 17.9 Å². The SMILES string of the molecule is Cn1c(=O)c(=O)n(C)c2cc(S(=O)(=O)N3CCc4ccccc4C3)c(Br)cc21. The maximum Gasteiger partial charge on any atom is 0.316 e. The van der Waals surface area contributed by atoms with Gasteiger partial charge in [0, 0.05) is 31.7 Å². The summed E-state index contributed by atoms with van der Waals surface area (Å²) >= 11 is 3.34. The van der Waals surface area contributed by atoms with Crippen LogP contribution in [0.15, 0.2) is 55.4 Å². The van der Waals surface area contributed by atoms with Gasteiger partial charge in [-0.05, 0) is 45.6 Å². The molecule has 0 fully saturated rings. The molecule has 1 aliphatic heterocycles. The van der Waals surface area contributed by atoms with Crippen molar-refractivity contribution in [3.63, 3.8) is 0 Å². The summed E-state index contributed by atoms with van der Waals surface area (Å²) in [5, 5.41) is 0. The molecule has 0 radical (unpaired) electrons. The lowest BCUT2D eigenvalue weighted by Crippen LogP contribution is -2.39. The van der Waals surface area contributed by atoms with Crippen LogP contribution in [0, 0.1) is 0 Å². The minimum Gasteiger partial charge on any atom is -0.305 e. The predicted molar refractivity (Wildman–Crippen MR) is 110 cm³/mol. The molecule has 4 rings (SSSR count). The lowest BCUT2D eigenvalue weighted by atomic mass is 10.0. The number of rotatable bonds is 2. The minimum atomic E-state index is -3.80. The topological polar surface area (TPSA) is 81.4 Å². The summed E-state index contributed by atoms with van der Waals surface area (Å²) in [6, 6.07) is 10.8. The van der Waals surface area contributed by atoms with Crippen LogP contribution in [-0.2, 0) is 37.1 Å². The Morgan fingerprint density at radius 2 is 1.50 bits per heavy atom. The number of aromatic nitrogens is 2. The van der Waals surface area contributed by atoms with Crippen molar-refractivity contribution in [1.29, 1.82) is 0 Å². The van der Waals surface area contributed by atoms with Crippen LogP contribution in [0.3, 0.4) is 0 Å². The molecule has 0 amide bonds. The van der Waals surface area contributed by atoms with Gasteiger partial charge in [0.25, 0.3) is 0 Å². The molecule has 1 aromatic heterocycles. The van der Waals surface area contributed by atoms with Crippen molar-refractivity contribution in [3.8, 4) is 0 Å². The van der Waals surface area contributed by atoms with Gasteiger partial charge in [-0.1, -0.05) is 24.3 Å². The zero-order valence-electron chi connectivity index (χ0n) is 15.3. The smallest absolute Gasteiger partial charge is 0.305 e. The fraction of sp³-hybridized carbons (Fsp3) is 0.263. The van der Waals surface area contributed by atoms with E-state index in [0.29, 0.717) is 35.0 Å². The molecule has 0 saturated heterocycles. The molecule has 0 spiro atoms. The number of fused-ring (bicyclic) bond motifs is 2. The standard InChI is InChI=1S/C19H18BrN3O4S/c1-21-15-9-14(20)17(10-16(15)22(2)19(25)18(21)24)28(26,27)23-8-7-12-5-3-4-6-13(12)11-23/h3-6,9-10H,7-8,11H2,1-2H3. The van der Waals surface area contributed by atoms with Crippen LogP contribution in [0.5, 0.6) is 0 Å². The summed E-state index contributed by atoms with van der Waals surface area (Å²) in [7, 11) is -0.836. The molecule has 28 heavy (non-hydrogen) atoms. The Hall–Kier alpha value is -2.23. The summed E-state index contributed by atoms with van der Waals surface area (Å²) in [5.41, 5.74) is 1.64. The van der Waals surface area contributed by atoms with E-state index in [0.717, 1.165) is 11.1 Å². The zero-order chi connectivity index (χ0) is 20.2. The zero-order valence-corrected chi connectivity index (χ0v) is 17.7. The van der Waals surface area contributed by atoms with Crippen molar-refractivity contribution in [2.24, 2.45) is 14.1 Å². The second kappa shape index (κ2) is 6.68. The van der Waals surface area contributed by atoms with Gasteiger partial charge in [-0.2, -0.15) is 4.31 Å². The first-order valence-corrected chi connectivity index (χ1v) is 10.9. The monoisotopic (exact) mass is 463 g/mol. The number of aryl methyl sites for hydroxylation is 2. The van der Waals surface area contributed by atoms with Crippen molar-refractivity contribution in [3.05, 3.63) is 72.7 Å².